The van der Waals surface area contributed by atoms with E-state index in [9.17, 15) is 14.4 Å². The van der Waals surface area contributed by atoms with Gasteiger partial charge in [0.15, 0.2) is 0 Å². The highest BCUT2D eigenvalue weighted by atomic mass is 16.5. The highest BCUT2D eigenvalue weighted by molar-refractivity contribution is 6.13. The van der Waals surface area contributed by atoms with Gasteiger partial charge in [-0.1, -0.05) is 18.2 Å². The van der Waals surface area contributed by atoms with Gasteiger partial charge in [0.25, 0.3) is 5.91 Å². The first-order valence-corrected chi connectivity index (χ1v) is 7.77. The number of hydrogen-bond acceptors (Lipinski definition) is 5. The maximum Gasteiger partial charge on any atom is 0.337 e. The van der Waals surface area contributed by atoms with Crippen molar-refractivity contribution < 1.29 is 23.5 Å². The number of nitrogens with one attached hydrogen (secondary N) is 1. The fourth-order valence-electron chi connectivity index (χ4n) is 2.48. The van der Waals surface area contributed by atoms with Crippen LogP contribution >= 0.6 is 0 Å². The molecule has 0 unspecified atom stereocenters. The number of furan rings is 1. The van der Waals surface area contributed by atoms with E-state index in [4.69, 9.17) is 4.42 Å². The normalized spacial score (nSPS) is 15.3. The molecule has 0 atom stereocenters. The van der Waals surface area contributed by atoms with Gasteiger partial charge in [-0.2, -0.15) is 0 Å². The van der Waals surface area contributed by atoms with Crippen LogP contribution in [0.2, 0.25) is 0 Å². The van der Waals surface area contributed by atoms with Gasteiger partial charge in [0.1, 0.15) is 17.2 Å². The van der Waals surface area contributed by atoms with Crippen LogP contribution < -0.4 is 5.32 Å². The SMILES string of the molecule is C=CCN1C(=O)N/C(=C/c2ccc(-c3ccc(C(=O)OC)cc3)o2)C1=O. The van der Waals surface area contributed by atoms with Gasteiger partial charge in [0.05, 0.1) is 12.7 Å². The van der Waals surface area contributed by atoms with Gasteiger partial charge in [-0.05, 0) is 24.3 Å². The summed E-state index contributed by atoms with van der Waals surface area (Å²) in [6.45, 7) is 3.66. The third-order valence-electron chi connectivity index (χ3n) is 3.78. The summed E-state index contributed by atoms with van der Waals surface area (Å²) in [5.74, 6) is 0.130. The molecular weight excluding hydrogens is 336 g/mol. The van der Waals surface area contributed by atoms with E-state index < -0.39 is 17.9 Å². The molecule has 0 radical (unpaired) electrons. The zero-order chi connectivity index (χ0) is 18.7. The van der Waals surface area contributed by atoms with Gasteiger partial charge in [-0.25, -0.2) is 9.59 Å². The summed E-state index contributed by atoms with van der Waals surface area (Å²) in [6, 6.07) is 9.67. The molecule has 3 rings (SSSR count). The molecular formula is C19H16N2O5. The highest BCUT2D eigenvalue weighted by Crippen LogP contribution is 2.24. The molecule has 0 aliphatic carbocycles. The van der Waals surface area contributed by atoms with E-state index in [1.807, 2.05) is 0 Å². The Labute approximate surface area is 149 Å². The summed E-state index contributed by atoms with van der Waals surface area (Å²) >= 11 is 0. The molecule has 1 aromatic carbocycles. The van der Waals surface area contributed by atoms with Crippen LogP contribution in [0.15, 0.2) is 59.2 Å². The number of amides is 3. The predicted octanol–water partition coefficient (Wildman–Crippen LogP) is 2.81. The van der Waals surface area contributed by atoms with Gasteiger partial charge in [0.2, 0.25) is 0 Å². The van der Waals surface area contributed by atoms with E-state index in [-0.39, 0.29) is 12.2 Å². The van der Waals surface area contributed by atoms with Crippen LogP contribution in [0.1, 0.15) is 16.1 Å². The molecule has 0 bridgehead atoms. The van der Waals surface area contributed by atoms with Crippen molar-refractivity contribution >= 4 is 24.0 Å². The number of methoxy groups -OCH3 is 1. The lowest BCUT2D eigenvalue weighted by Gasteiger charge is -2.06. The maximum atomic E-state index is 12.2. The van der Waals surface area contributed by atoms with Crippen molar-refractivity contribution in [3.63, 3.8) is 0 Å². The van der Waals surface area contributed by atoms with Crippen LogP contribution in [0.4, 0.5) is 4.79 Å². The molecule has 1 aromatic heterocycles. The second kappa shape index (κ2) is 7.10. The Bertz CT molecular complexity index is 908. The molecule has 1 saturated heterocycles. The molecule has 1 aliphatic rings. The number of urea groups is 1. The van der Waals surface area contributed by atoms with Gasteiger partial charge < -0.3 is 14.5 Å². The Morgan fingerprint density at radius 1 is 1.23 bits per heavy atom. The minimum absolute atomic E-state index is 0.137. The molecule has 1 N–H and O–H groups in total. The Kier molecular flexibility index (Phi) is 4.70. The molecule has 0 saturated carbocycles. The van der Waals surface area contributed by atoms with Crippen molar-refractivity contribution in [1.29, 1.82) is 0 Å². The van der Waals surface area contributed by atoms with Crippen LogP contribution in [-0.2, 0) is 9.53 Å². The van der Waals surface area contributed by atoms with Crippen molar-refractivity contribution in [3.8, 4) is 11.3 Å². The number of hydrogen-bond donors (Lipinski definition) is 1. The lowest BCUT2D eigenvalue weighted by molar-refractivity contribution is -0.122. The van der Waals surface area contributed by atoms with E-state index in [1.165, 1.54) is 19.3 Å². The summed E-state index contributed by atoms with van der Waals surface area (Å²) in [5.41, 5.74) is 1.34. The molecule has 1 fully saturated rings. The number of nitrogens with zero attached hydrogens (tertiary/aromatic N) is 1. The molecule has 0 spiro atoms. The maximum absolute atomic E-state index is 12.2. The second-order valence-corrected chi connectivity index (χ2v) is 5.46. The number of benzene rings is 1. The highest BCUT2D eigenvalue weighted by Gasteiger charge is 2.32. The van der Waals surface area contributed by atoms with Gasteiger partial charge in [-0.3, -0.25) is 9.69 Å². The van der Waals surface area contributed by atoms with E-state index in [2.05, 4.69) is 16.6 Å². The fourth-order valence-corrected chi connectivity index (χ4v) is 2.48. The summed E-state index contributed by atoms with van der Waals surface area (Å²) in [7, 11) is 1.32. The van der Waals surface area contributed by atoms with Gasteiger partial charge in [0, 0.05) is 18.2 Å². The zero-order valence-corrected chi connectivity index (χ0v) is 14.0. The van der Waals surface area contributed by atoms with Crippen molar-refractivity contribution in [2.45, 2.75) is 0 Å². The molecule has 7 heteroatoms. The second-order valence-electron chi connectivity index (χ2n) is 5.46. The molecule has 26 heavy (non-hydrogen) atoms. The summed E-state index contributed by atoms with van der Waals surface area (Å²) < 4.78 is 10.4. The molecule has 2 heterocycles. The minimum Gasteiger partial charge on any atom is -0.465 e. The predicted molar refractivity (Wildman–Crippen MR) is 93.9 cm³/mol. The number of imide groups is 1. The summed E-state index contributed by atoms with van der Waals surface area (Å²) in [6.07, 6.45) is 2.94. The third kappa shape index (κ3) is 3.27. The average Bonchev–Trinajstić information content (AvgIpc) is 3.22. The Morgan fingerprint density at radius 2 is 1.96 bits per heavy atom. The van der Waals surface area contributed by atoms with Crippen LogP contribution in [-0.4, -0.2) is 36.5 Å². The van der Waals surface area contributed by atoms with Crippen molar-refractivity contribution in [3.05, 3.63) is 66.1 Å². The van der Waals surface area contributed by atoms with E-state index in [1.54, 1.807) is 36.4 Å². The monoisotopic (exact) mass is 352 g/mol. The summed E-state index contributed by atoms with van der Waals surface area (Å²) in [4.78, 5) is 36.4. The lowest BCUT2D eigenvalue weighted by atomic mass is 10.1. The van der Waals surface area contributed by atoms with E-state index in [0.29, 0.717) is 17.1 Å². The fraction of sp³-hybridized carbons (Fsp3) is 0.105. The summed E-state index contributed by atoms with van der Waals surface area (Å²) in [5, 5.41) is 2.50. The Balaban J connectivity index is 1.80. The largest absolute Gasteiger partial charge is 0.465 e. The Hall–Kier alpha value is -3.61. The number of carbonyl (C=O) groups excluding carboxylic acids is 3. The van der Waals surface area contributed by atoms with Crippen molar-refractivity contribution in [2.24, 2.45) is 0 Å². The lowest BCUT2D eigenvalue weighted by Crippen LogP contribution is -2.30. The van der Waals surface area contributed by atoms with Gasteiger partial charge >= 0.3 is 12.0 Å². The van der Waals surface area contributed by atoms with E-state index in [0.717, 1.165) is 10.5 Å². The zero-order valence-electron chi connectivity index (χ0n) is 14.0. The molecule has 7 nitrogen and oxygen atoms in total. The molecule has 3 amide bonds. The van der Waals surface area contributed by atoms with Crippen LogP contribution in [0, 0.1) is 0 Å². The van der Waals surface area contributed by atoms with Gasteiger partial charge in [-0.15, -0.1) is 6.58 Å². The molecule has 1 aliphatic heterocycles. The van der Waals surface area contributed by atoms with Crippen molar-refractivity contribution in [2.75, 3.05) is 13.7 Å². The quantitative estimate of drug-likeness (QED) is 0.387. The first kappa shape index (κ1) is 17.2. The number of ether oxygens (including phenoxy) is 1. The average molecular weight is 352 g/mol. The van der Waals surface area contributed by atoms with E-state index >= 15 is 0 Å². The van der Waals surface area contributed by atoms with Crippen LogP contribution in [0.5, 0.6) is 0 Å². The smallest absolute Gasteiger partial charge is 0.337 e. The Morgan fingerprint density at radius 3 is 2.62 bits per heavy atom. The molecule has 132 valence electrons. The van der Waals surface area contributed by atoms with Crippen LogP contribution in [0.3, 0.4) is 0 Å². The number of rotatable bonds is 5. The standard InChI is InChI=1S/C19H16N2O5/c1-3-10-21-17(22)15(20-19(21)24)11-14-8-9-16(26-14)12-4-6-13(7-5-12)18(23)25-2/h3-9,11H,1,10H2,2H3,(H,20,24)/b15-11+. The van der Waals surface area contributed by atoms with Crippen molar-refractivity contribution in [1.82, 2.24) is 10.2 Å². The minimum atomic E-state index is -0.494. The van der Waals surface area contributed by atoms with Crippen LogP contribution in [0.25, 0.3) is 17.4 Å². The number of carbonyl (C=O) groups is 3. The first-order valence-electron chi connectivity index (χ1n) is 7.77. The number of esters is 1. The third-order valence-corrected chi connectivity index (χ3v) is 3.78. The molecule has 2 aromatic rings. The topological polar surface area (TPSA) is 88.8 Å². The first-order chi connectivity index (χ1) is 12.5.